The second-order valence-corrected chi connectivity index (χ2v) is 7.98. The van der Waals surface area contributed by atoms with Gasteiger partial charge in [-0.05, 0) is 43.0 Å². The highest BCUT2D eigenvalue weighted by Gasteiger charge is 2.29. The second kappa shape index (κ2) is 10.6. The summed E-state index contributed by atoms with van der Waals surface area (Å²) in [5.41, 5.74) is 9.30. The van der Waals surface area contributed by atoms with Crippen molar-refractivity contribution in [3.8, 4) is 11.1 Å². The quantitative estimate of drug-likeness (QED) is 0.268. The van der Waals surface area contributed by atoms with Crippen molar-refractivity contribution >= 4 is 17.8 Å². The minimum absolute atomic E-state index is 0.0451. The number of methoxy groups -OCH3 is 1. The highest BCUT2D eigenvalue weighted by Crippen LogP contribution is 2.23. The fourth-order valence-corrected chi connectivity index (χ4v) is 3.85. The van der Waals surface area contributed by atoms with Crippen LogP contribution >= 0.6 is 0 Å². The zero-order valence-electron chi connectivity index (χ0n) is 18.5. The van der Waals surface area contributed by atoms with Gasteiger partial charge >= 0.3 is 5.97 Å². The topological polar surface area (TPSA) is 109 Å². The minimum atomic E-state index is -0.498. The molecule has 0 saturated carbocycles. The molecule has 2 aromatic carbocycles. The maximum absolute atomic E-state index is 12.8. The van der Waals surface area contributed by atoms with Gasteiger partial charge in [-0.2, -0.15) is 0 Å². The van der Waals surface area contributed by atoms with E-state index in [4.69, 9.17) is 15.9 Å². The highest BCUT2D eigenvalue weighted by atomic mass is 16.5. The van der Waals surface area contributed by atoms with Gasteiger partial charge < -0.3 is 20.7 Å². The summed E-state index contributed by atoms with van der Waals surface area (Å²) in [7, 11) is 1.36. The maximum atomic E-state index is 12.8. The number of amides is 1. The SMILES string of the molecule is COC(=O)[C@@H](CC1=CCN(C(=N)N)CC1)C(C)NC(=O)c1ccc(-c2ccccc2)cc1. The molecule has 0 spiro atoms. The zero-order chi connectivity index (χ0) is 23.1. The van der Waals surface area contributed by atoms with Crippen LogP contribution in [-0.4, -0.2) is 49.0 Å². The summed E-state index contributed by atoms with van der Waals surface area (Å²) in [6.45, 7) is 3.01. The summed E-state index contributed by atoms with van der Waals surface area (Å²) < 4.78 is 5.00. The lowest BCUT2D eigenvalue weighted by atomic mass is 9.90. The second-order valence-electron chi connectivity index (χ2n) is 7.98. The number of hydrogen-bond donors (Lipinski definition) is 3. The molecule has 32 heavy (non-hydrogen) atoms. The molecule has 0 bridgehead atoms. The maximum Gasteiger partial charge on any atom is 0.311 e. The Hall–Kier alpha value is -3.61. The Balaban J connectivity index is 1.65. The highest BCUT2D eigenvalue weighted by molar-refractivity contribution is 5.95. The molecule has 2 aromatic rings. The van der Waals surface area contributed by atoms with Crippen molar-refractivity contribution in [2.45, 2.75) is 25.8 Å². The lowest BCUT2D eigenvalue weighted by Gasteiger charge is -2.29. The van der Waals surface area contributed by atoms with Gasteiger partial charge in [-0.1, -0.05) is 54.1 Å². The van der Waals surface area contributed by atoms with Gasteiger partial charge in [-0.15, -0.1) is 0 Å². The van der Waals surface area contributed by atoms with Crippen molar-refractivity contribution in [2.24, 2.45) is 11.7 Å². The fourth-order valence-electron chi connectivity index (χ4n) is 3.85. The molecule has 0 aromatic heterocycles. The van der Waals surface area contributed by atoms with E-state index in [0.717, 1.165) is 16.7 Å². The predicted octanol–water partition coefficient (Wildman–Crippen LogP) is 3.18. The summed E-state index contributed by atoms with van der Waals surface area (Å²) >= 11 is 0. The van der Waals surface area contributed by atoms with E-state index in [1.54, 1.807) is 17.0 Å². The van der Waals surface area contributed by atoms with Crippen molar-refractivity contribution < 1.29 is 14.3 Å². The molecule has 1 unspecified atom stereocenters. The van der Waals surface area contributed by atoms with Crippen LogP contribution in [0.4, 0.5) is 0 Å². The summed E-state index contributed by atoms with van der Waals surface area (Å²) in [5.74, 6) is -1.04. The van der Waals surface area contributed by atoms with Crippen LogP contribution in [0.15, 0.2) is 66.2 Å². The molecule has 1 aliphatic rings. The molecule has 0 radical (unpaired) electrons. The molecule has 1 amide bonds. The fraction of sp³-hybridized carbons (Fsp3) is 0.320. The Morgan fingerprint density at radius 3 is 2.34 bits per heavy atom. The number of nitrogens with two attached hydrogens (primary N) is 1. The first-order valence-electron chi connectivity index (χ1n) is 10.7. The molecule has 0 saturated heterocycles. The Labute approximate surface area is 188 Å². The average molecular weight is 435 g/mol. The Morgan fingerprint density at radius 2 is 1.78 bits per heavy atom. The first-order valence-corrected chi connectivity index (χ1v) is 10.7. The summed E-state index contributed by atoms with van der Waals surface area (Å²) in [6, 6.07) is 17.0. The number of hydrogen-bond acceptors (Lipinski definition) is 4. The van der Waals surface area contributed by atoms with Gasteiger partial charge in [0.05, 0.1) is 13.0 Å². The molecule has 168 valence electrons. The molecular formula is C25H30N4O3. The van der Waals surface area contributed by atoms with E-state index in [1.807, 2.05) is 55.5 Å². The van der Waals surface area contributed by atoms with Crippen molar-refractivity contribution in [3.05, 3.63) is 71.8 Å². The molecule has 1 heterocycles. The number of rotatable bonds is 7. The number of nitrogens with one attached hydrogen (secondary N) is 2. The Bertz CT molecular complexity index is 986. The number of benzene rings is 2. The predicted molar refractivity (Wildman–Crippen MR) is 125 cm³/mol. The molecule has 2 atom stereocenters. The van der Waals surface area contributed by atoms with Gasteiger partial charge in [0.25, 0.3) is 5.91 Å². The van der Waals surface area contributed by atoms with Gasteiger partial charge in [0.2, 0.25) is 0 Å². The summed E-state index contributed by atoms with van der Waals surface area (Å²) in [5, 5.41) is 10.5. The normalized spacial score (nSPS) is 15.3. The van der Waals surface area contributed by atoms with E-state index >= 15 is 0 Å². The first kappa shape index (κ1) is 23.1. The van der Waals surface area contributed by atoms with Crippen molar-refractivity contribution in [1.29, 1.82) is 5.41 Å². The van der Waals surface area contributed by atoms with E-state index < -0.39 is 12.0 Å². The largest absolute Gasteiger partial charge is 0.469 e. The van der Waals surface area contributed by atoms with Gasteiger partial charge in [-0.3, -0.25) is 15.0 Å². The van der Waals surface area contributed by atoms with E-state index in [0.29, 0.717) is 31.5 Å². The van der Waals surface area contributed by atoms with Crippen LogP contribution in [0.5, 0.6) is 0 Å². The van der Waals surface area contributed by atoms with Crippen molar-refractivity contribution in [3.63, 3.8) is 0 Å². The van der Waals surface area contributed by atoms with Crippen LogP contribution < -0.4 is 11.1 Å². The third-order valence-electron chi connectivity index (χ3n) is 5.85. The molecule has 0 aliphatic carbocycles. The van der Waals surface area contributed by atoms with E-state index in [9.17, 15) is 9.59 Å². The van der Waals surface area contributed by atoms with Gasteiger partial charge in [0.1, 0.15) is 0 Å². The molecule has 7 nitrogen and oxygen atoms in total. The third-order valence-corrected chi connectivity index (χ3v) is 5.85. The van der Waals surface area contributed by atoms with Crippen LogP contribution in [0.2, 0.25) is 0 Å². The van der Waals surface area contributed by atoms with Crippen LogP contribution in [-0.2, 0) is 9.53 Å². The number of ether oxygens (including phenoxy) is 1. The molecule has 1 aliphatic heterocycles. The van der Waals surface area contributed by atoms with Crippen LogP contribution in [0.3, 0.4) is 0 Å². The number of guanidine groups is 1. The minimum Gasteiger partial charge on any atom is -0.469 e. The van der Waals surface area contributed by atoms with E-state index in [2.05, 4.69) is 5.32 Å². The summed E-state index contributed by atoms with van der Waals surface area (Å²) in [4.78, 5) is 27.0. The molecule has 3 rings (SSSR count). The number of esters is 1. The Morgan fingerprint density at radius 1 is 1.12 bits per heavy atom. The number of carbonyl (C=O) groups is 2. The van der Waals surface area contributed by atoms with Gasteiger partial charge in [-0.25, -0.2) is 0 Å². The number of nitrogens with zero attached hydrogens (tertiary/aromatic N) is 1. The van der Waals surface area contributed by atoms with Crippen LogP contribution in [0.25, 0.3) is 11.1 Å². The van der Waals surface area contributed by atoms with Crippen molar-refractivity contribution in [2.75, 3.05) is 20.2 Å². The van der Waals surface area contributed by atoms with Gasteiger partial charge in [0.15, 0.2) is 5.96 Å². The van der Waals surface area contributed by atoms with E-state index in [-0.39, 0.29) is 17.8 Å². The lowest BCUT2D eigenvalue weighted by Crippen LogP contribution is -2.43. The third kappa shape index (κ3) is 5.75. The molecular weight excluding hydrogens is 404 g/mol. The van der Waals surface area contributed by atoms with Crippen LogP contribution in [0, 0.1) is 11.3 Å². The smallest absolute Gasteiger partial charge is 0.311 e. The molecule has 7 heteroatoms. The summed E-state index contributed by atoms with van der Waals surface area (Å²) in [6.07, 6.45) is 3.21. The average Bonchev–Trinajstić information content (AvgIpc) is 2.82. The lowest BCUT2D eigenvalue weighted by molar-refractivity contribution is -0.146. The Kier molecular flexibility index (Phi) is 7.65. The molecule has 0 fully saturated rings. The van der Waals surface area contributed by atoms with E-state index in [1.165, 1.54) is 7.11 Å². The molecule has 4 N–H and O–H groups in total. The van der Waals surface area contributed by atoms with Crippen LogP contribution in [0.1, 0.15) is 30.1 Å². The standard InChI is InChI=1S/C25H30N4O3/c1-17(22(24(31)32-2)16-18-12-14-29(15-13-18)25(26)27)28-23(30)21-10-8-20(9-11-21)19-6-4-3-5-7-19/h3-12,17,22H,13-16H2,1-2H3,(H3,26,27)(H,28,30)/t17?,22-/m0/s1. The monoisotopic (exact) mass is 434 g/mol. The zero-order valence-corrected chi connectivity index (χ0v) is 18.5. The number of carbonyl (C=O) groups excluding carboxylic acids is 2. The van der Waals surface area contributed by atoms with Crippen molar-refractivity contribution in [1.82, 2.24) is 10.2 Å². The first-order chi connectivity index (χ1) is 15.4. The van der Waals surface area contributed by atoms with Gasteiger partial charge in [0, 0.05) is 24.7 Å².